The van der Waals surface area contributed by atoms with Crippen LogP contribution >= 0.6 is 0 Å². The van der Waals surface area contributed by atoms with Crippen LogP contribution in [0.1, 0.15) is 26.7 Å². The number of carbonyl (C=O) groups excluding carboxylic acids is 2. The average molecular weight is 256 g/mol. The van der Waals surface area contributed by atoms with E-state index >= 15 is 0 Å². The summed E-state index contributed by atoms with van der Waals surface area (Å²) in [5.74, 6) is -0.325. The third kappa shape index (κ3) is 3.00. The Bertz CT molecular complexity index is 328. The summed E-state index contributed by atoms with van der Waals surface area (Å²) in [6.07, 6.45) is 1.89. The molecule has 2 rings (SSSR count). The van der Waals surface area contributed by atoms with Crippen molar-refractivity contribution >= 4 is 11.9 Å². The van der Waals surface area contributed by atoms with Crippen LogP contribution in [0.5, 0.6) is 0 Å². The fraction of sp³-hybridized carbons (Fsp3) is 0.833. The summed E-state index contributed by atoms with van der Waals surface area (Å²) >= 11 is 0. The van der Waals surface area contributed by atoms with Crippen molar-refractivity contribution in [2.45, 2.75) is 44.9 Å². The molecule has 6 heteroatoms. The van der Waals surface area contributed by atoms with Gasteiger partial charge < -0.3 is 14.8 Å². The molecule has 0 aliphatic carbocycles. The van der Waals surface area contributed by atoms with Crippen LogP contribution in [0.25, 0.3) is 0 Å². The Balaban J connectivity index is 1.85. The highest BCUT2D eigenvalue weighted by molar-refractivity contribution is 6.04. The van der Waals surface area contributed by atoms with Crippen molar-refractivity contribution in [3.05, 3.63) is 0 Å². The Morgan fingerprint density at radius 2 is 1.94 bits per heavy atom. The van der Waals surface area contributed by atoms with E-state index in [9.17, 15) is 9.59 Å². The maximum absolute atomic E-state index is 11.6. The Kier molecular flexibility index (Phi) is 4.19. The molecule has 2 aliphatic heterocycles. The molecule has 0 aromatic rings. The van der Waals surface area contributed by atoms with Gasteiger partial charge in [0.1, 0.15) is 6.04 Å². The average Bonchev–Trinajstić information content (AvgIpc) is 2.68. The Morgan fingerprint density at radius 1 is 1.28 bits per heavy atom. The number of ether oxygens (including phenoxy) is 2. The lowest BCUT2D eigenvalue weighted by Crippen LogP contribution is -2.42. The minimum Gasteiger partial charge on any atom is -0.381 e. The fourth-order valence-corrected chi connectivity index (χ4v) is 2.31. The molecule has 6 nitrogen and oxygen atoms in total. The second-order valence-electron chi connectivity index (χ2n) is 4.95. The number of urea groups is 1. The molecule has 1 unspecified atom stereocenters. The van der Waals surface area contributed by atoms with Gasteiger partial charge in [0.15, 0.2) is 0 Å². The highest BCUT2D eigenvalue weighted by Gasteiger charge is 2.37. The van der Waals surface area contributed by atoms with Gasteiger partial charge in [0, 0.05) is 19.1 Å². The first-order valence-corrected chi connectivity index (χ1v) is 6.42. The second-order valence-corrected chi connectivity index (χ2v) is 4.95. The van der Waals surface area contributed by atoms with E-state index in [4.69, 9.17) is 9.47 Å². The van der Waals surface area contributed by atoms with E-state index in [-0.39, 0.29) is 24.0 Å². The molecular weight excluding hydrogens is 236 g/mol. The van der Waals surface area contributed by atoms with Crippen LogP contribution in [-0.2, 0) is 14.3 Å². The minimum atomic E-state index is -0.493. The van der Waals surface area contributed by atoms with Crippen LogP contribution in [0.3, 0.4) is 0 Å². The van der Waals surface area contributed by atoms with Crippen molar-refractivity contribution < 1.29 is 19.1 Å². The van der Waals surface area contributed by atoms with Crippen molar-refractivity contribution in [2.24, 2.45) is 5.92 Å². The Morgan fingerprint density at radius 3 is 2.50 bits per heavy atom. The molecular formula is C12H20N2O4. The molecule has 0 bridgehead atoms. The van der Waals surface area contributed by atoms with Crippen molar-refractivity contribution in [3.8, 4) is 0 Å². The lowest BCUT2D eigenvalue weighted by Gasteiger charge is -2.30. The van der Waals surface area contributed by atoms with E-state index in [1.54, 1.807) is 0 Å². The van der Waals surface area contributed by atoms with Gasteiger partial charge in [-0.05, 0) is 19.8 Å². The molecule has 0 aromatic heterocycles. The summed E-state index contributed by atoms with van der Waals surface area (Å²) in [7, 11) is 0. The number of rotatable bonds is 4. The summed E-state index contributed by atoms with van der Waals surface area (Å²) in [4.78, 5) is 22.6. The first-order chi connectivity index (χ1) is 8.58. The van der Waals surface area contributed by atoms with Crippen molar-refractivity contribution in [1.82, 2.24) is 10.6 Å². The predicted octanol–water partition coefficient (Wildman–Crippen LogP) is 0.415. The van der Waals surface area contributed by atoms with E-state index in [2.05, 4.69) is 10.6 Å². The topological polar surface area (TPSA) is 76.7 Å². The van der Waals surface area contributed by atoms with Crippen LogP contribution in [0.2, 0.25) is 0 Å². The van der Waals surface area contributed by atoms with Gasteiger partial charge in [-0.25, -0.2) is 4.79 Å². The molecule has 2 saturated heterocycles. The fourth-order valence-electron chi connectivity index (χ4n) is 2.31. The number of carbonyl (C=O) groups is 2. The third-order valence-electron chi connectivity index (χ3n) is 3.65. The van der Waals surface area contributed by atoms with Gasteiger partial charge in [-0.3, -0.25) is 10.1 Å². The molecule has 0 radical (unpaired) electrons. The van der Waals surface area contributed by atoms with Gasteiger partial charge in [0.25, 0.3) is 5.91 Å². The van der Waals surface area contributed by atoms with E-state index in [1.165, 1.54) is 0 Å². The number of nitrogens with one attached hydrogen (secondary N) is 2. The lowest BCUT2D eigenvalue weighted by atomic mass is 9.96. The zero-order valence-corrected chi connectivity index (χ0v) is 10.8. The summed E-state index contributed by atoms with van der Waals surface area (Å²) in [6, 6.07) is -0.914. The first kappa shape index (κ1) is 13.3. The molecule has 18 heavy (non-hydrogen) atoms. The predicted molar refractivity (Wildman–Crippen MR) is 64.0 cm³/mol. The van der Waals surface area contributed by atoms with E-state index < -0.39 is 12.1 Å². The van der Waals surface area contributed by atoms with Gasteiger partial charge in [0.05, 0.1) is 12.2 Å². The zero-order valence-electron chi connectivity index (χ0n) is 10.8. The quantitative estimate of drug-likeness (QED) is 0.714. The van der Waals surface area contributed by atoms with Crippen LogP contribution in [0.15, 0.2) is 0 Å². The zero-order chi connectivity index (χ0) is 13.1. The first-order valence-electron chi connectivity index (χ1n) is 6.42. The van der Waals surface area contributed by atoms with Crippen molar-refractivity contribution in [2.75, 3.05) is 13.2 Å². The molecule has 2 N–H and O–H groups in total. The van der Waals surface area contributed by atoms with Crippen LogP contribution < -0.4 is 10.6 Å². The SMILES string of the molecule is C[C@H](OC1CCOCC1)[C@H](C)C1NC(=O)NC1=O. The maximum atomic E-state index is 11.6. The molecule has 0 aromatic carbocycles. The molecule has 3 atom stereocenters. The van der Waals surface area contributed by atoms with Gasteiger partial charge >= 0.3 is 6.03 Å². The number of hydrogen-bond acceptors (Lipinski definition) is 4. The smallest absolute Gasteiger partial charge is 0.322 e. The normalized spacial score (nSPS) is 28.7. The molecule has 3 amide bonds. The van der Waals surface area contributed by atoms with Crippen LogP contribution in [0.4, 0.5) is 4.79 Å². The molecule has 2 heterocycles. The van der Waals surface area contributed by atoms with E-state index in [0.29, 0.717) is 0 Å². The number of imide groups is 1. The van der Waals surface area contributed by atoms with Crippen molar-refractivity contribution in [1.29, 1.82) is 0 Å². The summed E-state index contributed by atoms with van der Waals surface area (Å²) < 4.78 is 11.2. The maximum Gasteiger partial charge on any atom is 0.322 e. The summed E-state index contributed by atoms with van der Waals surface area (Å²) in [5, 5.41) is 4.86. The number of hydrogen-bond donors (Lipinski definition) is 2. The molecule has 102 valence electrons. The highest BCUT2D eigenvalue weighted by atomic mass is 16.5. The standard InChI is InChI=1S/C12H20N2O4/c1-7(10-11(15)14-12(16)13-10)8(2)18-9-3-5-17-6-4-9/h7-10H,3-6H2,1-2H3,(H2,13,14,15,16)/t7-,8-,10?/m0/s1. The lowest BCUT2D eigenvalue weighted by molar-refractivity contribution is -0.124. The van der Waals surface area contributed by atoms with E-state index in [1.807, 2.05) is 13.8 Å². The van der Waals surface area contributed by atoms with Crippen LogP contribution in [0, 0.1) is 5.92 Å². The summed E-state index contributed by atoms with van der Waals surface area (Å²) in [6.45, 7) is 5.32. The van der Waals surface area contributed by atoms with Crippen LogP contribution in [-0.4, -0.2) is 43.4 Å². The Labute approximate surface area is 106 Å². The molecule has 0 spiro atoms. The number of amides is 3. The monoisotopic (exact) mass is 256 g/mol. The molecule has 2 aliphatic rings. The third-order valence-corrected chi connectivity index (χ3v) is 3.65. The highest BCUT2D eigenvalue weighted by Crippen LogP contribution is 2.20. The van der Waals surface area contributed by atoms with Gasteiger partial charge in [0.2, 0.25) is 0 Å². The minimum absolute atomic E-state index is 0.0562. The van der Waals surface area contributed by atoms with Gasteiger partial charge in [-0.2, -0.15) is 0 Å². The molecule has 0 saturated carbocycles. The summed E-state index contributed by atoms with van der Waals surface area (Å²) in [5.41, 5.74) is 0. The molecule has 2 fully saturated rings. The second kappa shape index (κ2) is 5.67. The van der Waals surface area contributed by atoms with Gasteiger partial charge in [-0.15, -0.1) is 0 Å². The van der Waals surface area contributed by atoms with E-state index in [0.717, 1.165) is 26.1 Å². The Hall–Kier alpha value is -1.14. The van der Waals surface area contributed by atoms with Crippen molar-refractivity contribution in [3.63, 3.8) is 0 Å². The van der Waals surface area contributed by atoms with Gasteiger partial charge in [-0.1, -0.05) is 6.92 Å². The largest absolute Gasteiger partial charge is 0.381 e.